The Balaban J connectivity index is 2.18. The number of aryl methyl sites for hydroxylation is 1. The van der Waals surface area contributed by atoms with Crippen LogP contribution in [0.4, 0.5) is 4.79 Å². The van der Waals surface area contributed by atoms with Gasteiger partial charge in [0.1, 0.15) is 0 Å². The summed E-state index contributed by atoms with van der Waals surface area (Å²) in [6.45, 7) is 2.32. The highest BCUT2D eigenvalue weighted by Gasteiger charge is 2.28. The minimum atomic E-state index is -0.323. The van der Waals surface area contributed by atoms with E-state index in [9.17, 15) is 9.59 Å². The Morgan fingerprint density at radius 1 is 1.53 bits per heavy atom. The molecule has 2 heterocycles. The van der Waals surface area contributed by atoms with Crippen LogP contribution in [0.1, 0.15) is 11.1 Å². The fraction of sp³-hybridized carbons (Fsp3) is 0.300. The molecule has 0 saturated carbocycles. The monoisotopic (exact) mass is 205 g/mol. The maximum Gasteiger partial charge on any atom is 0.324 e. The third-order valence-corrected chi connectivity index (χ3v) is 2.40. The van der Waals surface area contributed by atoms with Crippen LogP contribution in [0, 0.1) is 6.92 Å². The summed E-state index contributed by atoms with van der Waals surface area (Å²) >= 11 is 0. The molecule has 0 spiro atoms. The van der Waals surface area contributed by atoms with E-state index in [4.69, 9.17) is 0 Å². The number of amides is 3. The normalized spacial score (nSPS) is 15.7. The van der Waals surface area contributed by atoms with Crippen LogP contribution in [0.5, 0.6) is 0 Å². The lowest BCUT2D eigenvalue weighted by atomic mass is 10.1. The fourth-order valence-corrected chi connectivity index (χ4v) is 1.47. The number of urea groups is 1. The molecule has 1 aliphatic heterocycles. The van der Waals surface area contributed by atoms with E-state index in [0.717, 1.165) is 11.1 Å². The van der Waals surface area contributed by atoms with Crippen LogP contribution in [-0.4, -0.2) is 28.4 Å². The topological polar surface area (TPSA) is 62.3 Å². The van der Waals surface area contributed by atoms with E-state index in [1.54, 1.807) is 12.4 Å². The molecule has 0 aromatic carbocycles. The fourth-order valence-electron chi connectivity index (χ4n) is 1.47. The summed E-state index contributed by atoms with van der Waals surface area (Å²) in [5, 5.41) is 2.48. The van der Waals surface area contributed by atoms with E-state index in [0.29, 0.717) is 6.54 Å². The summed E-state index contributed by atoms with van der Waals surface area (Å²) in [7, 11) is 0. The van der Waals surface area contributed by atoms with Gasteiger partial charge in [-0.05, 0) is 24.1 Å². The summed E-state index contributed by atoms with van der Waals surface area (Å²) < 4.78 is 0. The minimum absolute atomic E-state index is 0.100. The van der Waals surface area contributed by atoms with Crippen molar-refractivity contribution in [1.29, 1.82) is 0 Å². The van der Waals surface area contributed by atoms with Crippen LogP contribution in [0.2, 0.25) is 0 Å². The first kappa shape index (κ1) is 9.64. The number of aromatic nitrogens is 1. The number of nitrogens with zero attached hydrogens (tertiary/aromatic N) is 2. The van der Waals surface area contributed by atoms with Crippen LogP contribution in [-0.2, 0) is 11.3 Å². The molecule has 1 aromatic rings. The van der Waals surface area contributed by atoms with Gasteiger partial charge in [-0.3, -0.25) is 14.7 Å². The lowest BCUT2D eigenvalue weighted by Crippen LogP contribution is -2.30. The average Bonchev–Trinajstić information content (AvgIpc) is 2.53. The number of rotatable bonds is 2. The summed E-state index contributed by atoms with van der Waals surface area (Å²) in [6, 6.07) is 1.49. The van der Waals surface area contributed by atoms with Gasteiger partial charge in [0, 0.05) is 12.4 Å². The maximum atomic E-state index is 11.3. The van der Waals surface area contributed by atoms with Gasteiger partial charge in [0.05, 0.1) is 13.1 Å². The number of hydrogen-bond acceptors (Lipinski definition) is 3. The standard InChI is InChI=1S/C10H11N3O2/c1-7-4-11-3-2-8(7)6-13-9(14)5-12-10(13)15/h2-4H,5-6H2,1H3,(H,12,15). The zero-order chi connectivity index (χ0) is 10.8. The smallest absolute Gasteiger partial charge is 0.324 e. The van der Waals surface area contributed by atoms with Crippen LogP contribution in [0.25, 0.3) is 0 Å². The van der Waals surface area contributed by atoms with Crippen LogP contribution < -0.4 is 5.32 Å². The molecule has 0 bridgehead atoms. The lowest BCUT2D eigenvalue weighted by Gasteiger charge is -2.13. The summed E-state index contributed by atoms with van der Waals surface area (Å²) in [6.07, 6.45) is 3.37. The van der Waals surface area contributed by atoms with Crippen molar-refractivity contribution in [3.05, 3.63) is 29.6 Å². The highest BCUT2D eigenvalue weighted by atomic mass is 16.2. The van der Waals surface area contributed by atoms with Gasteiger partial charge in [0.15, 0.2) is 0 Å². The molecule has 1 N–H and O–H groups in total. The molecule has 0 aliphatic carbocycles. The average molecular weight is 205 g/mol. The molecule has 0 unspecified atom stereocenters. The zero-order valence-corrected chi connectivity index (χ0v) is 8.36. The maximum absolute atomic E-state index is 11.3. The molecule has 15 heavy (non-hydrogen) atoms. The van der Waals surface area contributed by atoms with Gasteiger partial charge in [0.2, 0.25) is 5.91 Å². The van der Waals surface area contributed by atoms with Gasteiger partial charge in [-0.15, -0.1) is 0 Å². The van der Waals surface area contributed by atoms with Crippen molar-refractivity contribution < 1.29 is 9.59 Å². The third kappa shape index (κ3) is 1.81. The van der Waals surface area contributed by atoms with Crippen molar-refractivity contribution in [3.63, 3.8) is 0 Å². The molecule has 5 heteroatoms. The van der Waals surface area contributed by atoms with E-state index >= 15 is 0 Å². The molecule has 3 amide bonds. The van der Waals surface area contributed by atoms with E-state index in [1.807, 2.05) is 13.0 Å². The van der Waals surface area contributed by atoms with E-state index in [2.05, 4.69) is 10.3 Å². The second-order valence-electron chi connectivity index (χ2n) is 3.44. The number of nitrogens with one attached hydrogen (secondary N) is 1. The van der Waals surface area contributed by atoms with Gasteiger partial charge in [-0.25, -0.2) is 4.79 Å². The molecule has 1 aliphatic rings. The molecule has 0 atom stereocenters. The number of imide groups is 1. The molecule has 1 fully saturated rings. The highest BCUT2D eigenvalue weighted by Crippen LogP contribution is 2.11. The van der Waals surface area contributed by atoms with E-state index in [1.165, 1.54) is 4.90 Å². The van der Waals surface area contributed by atoms with Crippen molar-refractivity contribution in [3.8, 4) is 0 Å². The first-order valence-corrected chi connectivity index (χ1v) is 4.66. The summed E-state index contributed by atoms with van der Waals surface area (Å²) in [4.78, 5) is 27.8. The van der Waals surface area contributed by atoms with Gasteiger partial charge in [-0.1, -0.05) is 0 Å². The molecule has 5 nitrogen and oxygen atoms in total. The number of hydrogen-bond donors (Lipinski definition) is 1. The Kier molecular flexibility index (Phi) is 2.37. The largest absolute Gasteiger partial charge is 0.329 e. The van der Waals surface area contributed by atoms with Crippen molar-refractivity contribution in [2.45, 2.75) is 13.5 Å². The van der Waals surface area contributed by atoms with Crippen molar-refractivity contribution in [2.75, 3.05) is 6.54 Å². The Labute approximate surface area is 87.1 Å². The predicted molar refractivity (Wildman–Crippen MR) is 52.9 cm³/mol. The summed E-state index contributed by atoms with van der Waals surface area (Å²) in [5.41, 5.74) is 1.92. The molecule has 1 aromatic heterocycles. The number of carbonyl (C=O) groups excluding carboxylic acids is 2. The van der Waals surface area contributed by atoms with Crippen molar-refractivity contribution in [2.24, 2.45) is 0 Å². The quantitative estimate of drug-likeness (QED) is 0.713. The molecular formula is C10H11N3O2. The highest BCUT2D eigenvalue weighted by molar-refractivity contribution is 6.01. The van der Waals surface area contributed by atoms with Gasteiger partial charge < -0.3 is 5.32 Å². The SMILES string of the molecule is Cc1cnccc1CN1C(=O)CNC1=O. The Hall–Kier alpha value is -1.91. The van der Waals surface area contributed by atoms with E-state index < -0.39 is 0 Å². The van der Waals surface area contributed by atoms with Gasteiger partial charge in [0.25, 0.3) is 0 Å². The van der Waals surface area contributed by atoms with Crippen LogP contribution in [0.3, 0.4) is 0 Å². The third-order valence-electron chi connectivity index (χ3n) is 2.40. The molecule has 1 saturated heterocycles. The molecular weight excluding hydrogens is 194 g/mol. The first-order chi connectivity index (χ1) is 7.18. The predicted octanol–water partition coefficient (Wildman–Crippen LogP) is 0.442. The molecule has 0 radical (unpaired) electrons. The lowest BCUT2D eigenvalue weighted by molar-refractivity contribution is -0.125. The van der Waals surface area contributed by atoms with Crippen LogP contribution >= 0.6 is 0 Å². The Morgan fingerprint density at radius 2 is 2.33 bits per heavy atom. The second-order valence-corrected chi connectivity index (χ2v) is 3.44. The Bertz CT molecular complexity index is 401. The minimum Gasteiger partial charge on any atom is -0.329 e. The van der Waals surface area contributed by atoms with Gasteiger partial charge >= 0.3 is 6.03 Å². The van der Waals surface area contributed by atoms with Gasteiger partial charge in [-0.2, -0.15) is 0 Å². The van der Waals surface area contributed by atoms with Crippen molar-refractivity contribution in [1.82, 2.24) is 15.2 Å². The molecule has 2 rings (SSSR count). The Morgan fingerprint density at radius 3 is 2.93 bits per heavy atom. The first-order valence-electron chi connectivity index (χ1n) is 4.66. The molecule has 78 valence electrons. The second kappa shape index (κ2) is 3.68. The summed E-state index contributed by atoms with van der Waals surface area (Å²) in [5.74, 6) is -0.184. The zero-order valence-electron chi connectivity index (χ0n) is 8.36. The van der Waals surface area contributed by atoms with E-state index in [-0.39, 0.29) is 18.5 Å². The van der Waals surface area contributed by atoms with Crippen molar-refractivity contribution >= 4 is 11.9 Å². The number of carbonyl (C=O) groups is 2. The van der Waals surface area contributed by atoms with Crippen LogP contribution in [0.15, 0.2) is 18.5 Å². The number of pyridine rings is 1.